The van der Waals surface area contributed by atoms with E-state index in [1.165, 1.54) is 0 Å². The predicted molar refractivity (Wildman–Crippen MR) is 66.4 cm³/mol. The molecule has 0 aromatic carbocycles. The molecule has 1 aliphatic heterocycles. The highest BCUT2D eigenvalue weighted by Gasteiger charge is 2.24. The molecule has 1 aromatic rings. The predicted octanol–water partition coefficient (Wildman–Crippen LogP) is 1.44. The maximum absolute atomic E-state index is 5.71. The molecule has 0 aliphatic carbocycles. The second-order valence-electron chi connectivity index (χ2n) is 3.75. The van der Waals surface area contributed by atoms with E-state index in [1.807, 2.05) is 0 Å². The van der Waals surface area contributed by atoms with Crippen molar-refractivity contribution < 1.29 is 4.74 Å². The molecule has 1 aromatic heterocycles. The molecule has 1 unspecified atom stereocenters. The van der Waals surface area contributed by atoms with Gasteiger partial charge in [-0.1, -0.05) is 6.92 Å². The van der Waals surface area contributed by atoms with Gasteiger partial charge in [-0.05, 0) is 22.4 Å². The van der Waals surface area contributed by atoms with E-state index in [4.69, 9.17) is 10.5 Å². The number of halogens is 1. The number of aromatic nitrogens is 2. The van der Waals surface area contributed by atoms with Gasteiger partial charge < -0.3 is 15.4 Å². The van der Waals surface area contributed by atoms with E-state index in [-0.39, 0.29) is 0 Å². The van der Waals surface area contributed by atoms with E-state index in [1.54, 1.807) is 6.07 Å². The topological polar surface area (TPSA) is 64.3 Å². The second-order valence-corrected chi connectivity index (χ2v) is 4.56. The molecule has 0 amide bonds. The Morgan fingerprint density at radius 2 is 2.44 bits per heavy atom. The number of rotatable bonds is 2. The SMILES string of the molecule is CCC1COCCN1c1nc(N)cc(Br)n1. The first kappa shape index (κ1) is 11.6. The van der Waals surface area contributed by atoms with Gasteiger partial charge in [0.05, 0.1) is 19.3 Å². The lowest BCUT2D eigenvalue weighted by atomic mass is 10.2. The van der Waals surface area contributed by atoms with Crippen LogP contribution in [0.15, 0.2) is 10.7 Å². The molecular weight excluding hydrogens is 272 g/mol. The van der Waals surface area contributed by atoms with Gasteiger partial charge in [0, 0.05) is 12.6 Å². The van der Waals surface area contributed by atoms with Crippen LogP contribution in [0.3, 0.4) is 0 Å². The summed E-state index contributed by atoms with van der Waals surface area (Å²) in [6, 6.07) is 2.03. The molecule has 2 heterocycles. The van der Waals surface area contributed by atoms with Crippen LogP contribution in [0.4, 0.5) is 11.8 Å². The molecule has 5 nitrogen and oxygen atoms in total. The molecule has 1 atom stereocenters. The molecular formula is C10H15BrN4O. The summed E-state index contributed by atoms with van der Waals surface area (Å²) < 4.78 is 6.16. The molecule has 0 saturated carbocycles. The van der Waals surface area contributed by atoms with Crippen molar-refractivity contribution in [1.82, 2.24) is 9.97 Å². The minimum Gasteiger partial charge on any atom is -0.383 e. The Morgan fingerprint density at radius 1 is 1.62 bits per heavy atom. The van der Waals surface area contributed by atoms with Crippen molar-refractivity contribution in [2.75, 3.05) is 30.4 Å². The van der Waals surface area contributed by atoms with Gasteiger partial charge in [-0.3, -0.25) is 0 Å². The van der Waals surface area contributed by atoms with Crippen LogP contribution in [0.1, 0.15) is 13.3 Å². The largest absolute Gasteiger partial charge is 0.383 e. The average molecular weight is 287 g/mol. The zero-order chi connectivity index (χ0) is 11.5. The third-order valence-corrected chi connectivity index (χ3v) is 3.06. The molecule has 1 aliphatic rings. The van der Waals surface area contributed by atoms with Gasteiger partial charge in [0.1, 0.15) is 10.4 Å². The lowest BCUT2D eigenvalue weighted by Gasteiger charge is -2.35. The molecule has 16 heavy (non-hydrogen) atoms. The van der Waals surface area contributed by atoms with Crippen LogP contribution >= 0.6 is 15.9 Å². The normalized spacial score (nSPS) is 21.1. The molecule has 1 fully saturated rings. The monoisotopic (exact) mass is 286 g/mol. The fraction of sp³-hybridized carbons (Fsp3) is 0.600. The summed E-state index contributed by atoms with van der Waals surface area (Å²) in [5.41, 5.74) is 5.71. The van der Waals surface area contributed by atoms with Crippen LogP contribution in [0.25, 0.3) is 0 Å². The summed E-state index contributed by atoms with van der Waals surface area (Å²) in [4.78, 5) is 10.8. The Labute approximate surface area is 103 Å². The summed E-state index contributed by atoms with van der Waals surface area (Å²) in [5.74, 6) is 1.17. The third-order valence-electron chi connectivity index (χ3n) is 2.66. The zero-order valence-electron chi connectivity index (χ0n) is 9.19. The minimum absolute atomic E-state index is 0.336. The lowest BCUT2D eigenvalue weighted by molar-refractivity contribution is 0.0921. The van der Waals surface area contributed by atoms with Gasteiger partial charge in [0.15, 0.2) is 0 Å². The fourth-order valence-corrected chi connectivity index (χ4v) is 2.20. The Kier molecular flexibility index (Phi) is 3.60. The summed E-state index contributed by atoms with van der Waals surface area (Å²) in [6.45, 7) is 4.39. The van der Waals surface area contributed by atoms with Gasteiger partial charge in [-0.25, -0.2) is 4.98 Å². The molecule has 2 N–H and O–H groups in total. The van der Waals surface area contributed by atoms with E-state index in [0.717, 1.165) is 24.2 Å². The van der Waals surface area contributed by atoms with Crippen molar-refractivity contribution in [3.63, 3.8) is 0 Å². The molecule has 0 radical (unpaired) electrons. The van der Waals surface area contributed by atoms with Crippen molar-refractivity contribution in [2.24, 2.45) is 0 Å². The van der Waals surface area contributed by atoms with Gasteiger partial charge in [-0.2, -0.15) is 4.98 Å². The van der Waals surface area contributed by atoms with Gasteiger partial charge in [0.2, 0.25) is 5.95 Å². The first-order valence-corrected chi connectivity index (χ1v) is 6.14. The maximum atomic E-state index is 5.71. The summed E-state index contributed by atoms with van der Waals surface area (Å²) >= 11 is 3.33. The molecule has 0 bridgehead atoms. The molecule has 1 saturated heterocycles. The zero-order valence-corrected chi connectivity index (χ0v) is 10.8. The number of nitrogens with zero attached hydrogens (tertiary/aromatic N) is 3. The highest BCUT2D eigenvalue weighted by Crippen LogP contribution is 2.20. The number of hydrogen-bond donors (Lipinski definition) is 1. The Bertz CT molecular complexity index is 354. The first-order valence-electron chi connectivity index (χ1n) is 5.35. The highest BCUT2D eigenvalue weighted by atomic mass is 79.9. The number of hydrogen-bond acceptors (Lipinski definition) is 5. The fourth-order valence-electron chi connectivity index (χ4n) is 1.81. The van der Waals surface area contributed by atoms with Crippen LogP contribution in [0.5, 0.6) is 0 Å². The summed E-state index contributed by atoms with van der Waals surface area (Å²) in [6.07, 6.45) is 1.01. The quantitative estimate of drug-likeness (QED) is 0.834. The first-order chi connectivity index (χ1) is 7.70. The van der Waals surface area contributed by atoms with Gasteiger partial charge in [-0.15, -0.1) is 0 Å². The van der Waals surface area contributed by atoms with Crippen molar-refractivity contribution in [3.05, 3.63) is 10.7 Å². The van der Waals surface area contributed by atoms with E-state index < -0.39 is 0 Å². The average Bonchev–Trinajstić information content (AvgIpc) is 2.27. The Balaban J connectivity index is 2.26. The third kappa shape index (κ3) is 2.44. The van der Waals surface area contributed by atoms with E-state index in [0.29, 0.717) is 24.4 Å². The standard InChI is InChI=1S/C10H15BrN4O/c1-2-7-6-16-4-3-15(7)10-13-8(11)5-9(12)14-10/h5,7H,2-4,6H2,1H3,(H2,12,13,14). The van der Waals surface area contributed by atoms with E-state index >= 15 is 0 Å². The summed E-state index contributed by atoms with van der Waals surface area (Å²) in [7, 11) is 0. The minimum atomic E-state index is 0.336. The number of nitrogen functional groups attached to an aromatic ring is 1. The smallest absolute Gasteiger partial charge is 0.228 e. The lowest BCUT2D eigenvalue weighted by Crippen LogP contribution is -2.46. The number of nitrogens with two attached hydrogens (primary N) is 1. The van der Waals surface area contributed by atoms with Crippen molar-refractivity contribution in [3.8, 4) is 0 Å². The van der Waals surface area contributed by atoms with Crippen molar-refractivity contribution in [1.29, 1.82) is 0 Å². The highest BCUT2D eigenvalue weighted by molar-refractivity contribution is 9.10. The number of morpholine rings is 1. The second kappa shape index (κ2) is 4.97. The summed E-state index contributed by atoms with van der Waals surface area (Å²) in [5, 5.41) is 0. The van der Waals surface area contributed by atoms with E-state index in [9.17, 15) is 0 Å². The van der Waals surface area contributed by atoms with Crippen LogP contribution < -0.4 is 10.6 Å². The number of ether oxygens (including phenoxy) is 1. The maximum Gasteiger partial charge on any atom is 0.228 e. The Hall–Kier alpha value is -0.880. The van der Waals surface area contributed by atoms with Crippen LogP contribution in [-0.2, 0) is 4.74 Å². The molecule has 0 spiro atoms. The van der Waals surface area contributed by atoms with Crippen LogP contribution in [0, 0.1) is 0 Å². The van der Waals surface area contributed by atoms with Crippen LogP contribution in [0.2, 0.25) is 0 Å². The Morgan fingerprint density at radius 3 is 3.12 bits per heavy atom. The van der Waals surface area contributed by atoms with E-state index in [2.05, 4.69) is 37.7 Å². The molecule has 2 rings (SSSR count). The van der Waals surface area contributed by atoms with Gasteiger partial charge in [0.25, 0.3) is 0 Å². The van der Waals surface area contributed by atoms with Crippen LogP contribution in [-0.4, -0.2) is 35.8 Å². The van der Waals surface area contributed by atoms with Crippen molar-refractivity contribution in [2.45, 2.75) is 19.4 Å². The van der Waals surface area contributed by atoms with Gasteiger partial charge >= 0.3 is 0 Å². The van der Waals surface area contributed by atoms with Crippen molar-refractivity contribution >= 4 is 27.7 Å². The molecule has 6 heteroatoms. The number of anilines is 2. The molecule has 88 valence electrons.